The summed E-state index contributed by atoms with van der Waals surface area (Å²) in [6.07, 6.45) is 1.84. The lowest BCUT2D eigenvalue weighted by Gasteiger charge is -2.14. The average Bonchev–Trinajstić information content (AvgIpc) is 3.06. The second-order valence-electron chi connectivity index (χ2n) is 7.25. The summed E-state index contributed by atoms with van der Waals surface area (Å²) in [4.78, 5) is 12.2. The number of hydrogen-bond donors (Lipinski definition) is 1. The zero-order valence-corrected chi connectivity index (χ0v) is 16.2. The predicted molar refractivity (Wildman–Crippen MR) is 112 cm³/mol. The molecule has 0 spiro atoms. The Labute approximate surface area is 166 Å². The minimum Gasteiger partial charge on any atom is -0.449 e. The zero-order valence-electron chi connectivity index (χ0n) is 16.2. The first-order valence-corrected chi connectivity index (χ1v) is 9.93. The van der Waals surface area contributed by atoms with Gasteiger partial charge in [0.25, 0.3) is 0 Å². The number of aryl methyl sites for hydroxylation is 1. The first-order valence-electron chi connectivity index (χ1n) is 9.93. The molecule has 3 heteroatoms. The Hall–Kier alpha value is -3.07. The molecule has 3 nitrogen and oxygen atoms in total. The van der Waals surface area contributed by atoms with E-state index in [1.165, 1.54) is 27.8 Å². The number of rotatable bonds is 6. The number of nitrogens with one attached hydrogen (secondary N) is 1. The Morgan fingerprint density at radius 3 is 2.04 bits per heavy atom. The Kier molecular flexibility index (Phi) is 5.43. The van der Waals surface area contributed by atoms with Crippen molar-refractivity contribution in [2.45, 2.75) is 32.2 Å². The molecular weight excluding hydrogens is 346 g/mol. The number of ether oxygens (including phenoxy) is 1. The van der Waals surface area contributed by atoms with Gasteiger partial charge in [-0.2, -0.15) is 0 Å². The minimum absolute atomic E-state index is 0.0893. The van der Waals surface area contributed by atoms with E-state index < -0.39 is 0 Å². The van der Waals surface area contributed by atoms with E-state index in [-0.39, 0.29) is 12.0 Å². The van der Waals surface area contributed by atoms with Crippen LogP contribution in [0.2, 0.25) is 0 Å². The van der Waals surface area contributed by atoms with Crippen LogP contribution in [-0.2, 0) is 17.7 Å². The molecule has 142 valence electrons. The van der Waals surface area contributed by atoms with E-state index in [2.05, 4.69) is 72.9 Å². The van der Waals surface area contributed by atoms with Gasteiger partial charge >= 0.3 is 6.09 Å². The third-order valence-electron chi connectivity index (χ3n) is 5.34. The normalized spacial score (nSPS) is 12.3. The summed E-state index contributed by atoms with van der Waals surface area (Å²) in [7, 11) is 0. The largest absolute Gasteiger partial charge is 0.449 e. The van der Waals surface area contributed by atoms with Gasteiger partial charge in [-0.15, -0.1) is 0 Å². The van der Waals surface area contributed by atoms with Gasteiger partial charge in [0.05, 0.1) is 0 Å². The van der Waals surface area contributed by atoms with E-state index >= 15 is 0 Å². The standard InChI is InChI=1S/C25H25NO2/c1-2-7-18-12-14-19(15-13-18)16-26-25(27)28-17-24-22-10-5-3-8-20(22)21-9-4-6-11-23(21)24/h3-6,8-15,24H,2,7,16-17H2,1H3,(H,26,27). The van der Waals surface area contributed by atoms with Gasteiger partial charge in [-0.3, -0.25) is 0 Å². The number of fused-ring (bicyclic) bond motifs is 3. The van der Waals surface area contributed by atoms with Crippen molar-refractivity contribution in [2.24, 2.45) is 0 Å². The van der Waals surface area contributed by atoms with E-state index in [1.54, 1.807) is 0 Å². The SMILES string of the molecule is CCCc1ccc(CNC(=O)OCC2c3ccccc3-c3ccccc32)cc1. The maximum Gasteiger partial charge on any atom is 0.407 e. The predicted octanol–water partition coefficient (Wildman–Crippen LogP) is 5.68. The van der Waals surface area contributed by atoms with E-state index in [1.807, 2.05) is 12.1 Å². The first-order chi connectivity index (χ1) is 13.8. The van der Waals surface area contributed by atoms with Crippen molar-refractivity contribution >= 4 is 6.09 Å². The molecule has 1 N–H and O–H groups in total. The number of carbonyl (C=O) groups excluding carboxylic acids is 1. The number of amides is 1. The molecule has 0 atom stereocenters. The fourth-order valence-corrected chi connectivity index (χ4v) is 3.94. The second-order valence-corrected chi connectivity index (χ2v) is 7.25. The molecule has 3 aromatic carbocycles. The highest BCUT2D eigenvalue weighted by Gasteiger charge is 2.28. The van der Waals surface area contributed by atoms with Crippen LogP contribution in [0.5, 0.6) is 0 Å². The molecule has 4 rings (SSSR count). The van der Waals surface area contributed by atoms with Crippen LogP contribution in [0.3, 0.4) is 0 Å². The van der Waals surface area contributed by atoms with Crippen molar-refractivity contribution < 1.29 is 9.53 Å². The van der Waals surface area contributed by atoms with Crippen LogP contribution >= 0.6 is 0 Å². The molecule has 0 aromatic heterocycles. The smallest absolute Gasteiger partial charge is 0.407 e. The van der Waals surface area contributed by atoms with Crippen LogP contribution < -0.4 is 5.32 Å². The van der Waals surface area contributed by atoms with E-state index in [0.717, 1.165) is 18.4 Å². The quantitative estimate of drug-likeness (QED) is 0.605. The lowest BCUT2D eigenvalue weighted by Crippen LogP contribution is -2.25. The van der Waals surface area contributed by atoms with Gasteiger partial charge in [-0.05, 0) is 39.8 Å². The fourth-order valence-electron chi connectivity index (χ4n) is 3.94. The van der Waals surface area contributed by atoms with Crippen molar-refractivity contribution in [3.8, 4) is 11.1 Å². The molecular formula is C25H25NO2. The summed E-state index contributed by atoms with van der Waals surface area (Å²) < 4.78 is 5.57. The lowest BCUT2D eigenvalue weighted by atomic mass is 9.98. The maximum atomic E-state index is 12.2. The fraction of sp³-hybridized carbons (Fsp3) is 0.240. The highest BCUT2D eigenvalue weighted by Crippen LogP contribution is 2.44. The molecule has 1 amide bonds. The summed E-state index contributed by atoms with van der Waals surface area (Å²) >= 11 is 0. The summed E-state index contributed by atoms with van der Waals surface area (Å²) in [5.74, 6) is 0.0893. The molecule has 0 radical (unpaired) electrons. The molecule has 1 aliphatic rings. The van der Waals surface area contributed by atoms with Gasteiger partial charge in [0.1, 0.15) is 6.61 Å². The van der Waals surface area contributed by atoms with Gasteiger partial charge in [0.15, 0.2) is 0 Å². The van der Waals surface area contributed by atoms with Crippen molar-refractivity contribution in [2.75, 3.05) is 6.61 Å². The molecule has 28 heavy (non-hydrogen) atoms. The molecule has 3 aromatic rings. The Morgan fingerprint density at radius 1 is 0.857 bits per heavy atom. The molecule has 0 saturated carbocycles. The first kappa shape index (κ1) is 18.3. The van der Waals surface area contributed by atoms with Crippen molar-refractivity contribution in [1.29, 1.82) is 0 Å². The van der Waals surface area contributed by atoms with Crippen LogP contribution in [0, 0.1) is 0 Å². The molecule has 0 fully saturated rings. The molecule has 0 unspecified atom stereocenters. The van der Waals surface area contributed by atoms with Gasteiger partial charge < -0.3 is 10.1 Å². The van der Waals surface area contributed by atoms with E-state index in [9.17, 15) is 4.79 Å². The van der Waals surface area contributed by atoms with Crippen LogP contribution in [0.1, 0.15) is 41.5 Å². The Bertz CT molecular complexity index is 917. The van der Waals surface area contributed by atoms with E-state index in [0.29, 0.717) is 13.2 Å². The monoisotopic (exact) mass is 371 g/mol. The van der Waals surface area contributed by atoms with Crippen molar-refractivity contribution in [1.82, 2.24) is 5.32 Å². The Balaban J connectivity index is 1.36. The second kappa shape index (κ2) is 8.30. The van der Waals surface area contributed by atoms with Crippen LogP contribution in [0.4, 0.5) is 4.79 Å². The summed E-state index contributed by atoms with van der Waals surface area (Å²) in [5, 5.41) is 2.86. The number of benzene rings is 3. The maximum absolute atomic E-state index is 12.2. The summed E-state index contributed by atoms with van der Waals surface area (Å²) in [5.41, 5.74) is 7.32. The lowest BCUT2D eigenvalue weighted by molar-refractivity contribution is 0.142. The number of hydrogen-bond acceptors (Lipinski definition) is 2. The van der Waals surface area contributed by atoms with Gasteiger partial charge in [-0.1, -0.05) is 86.1 Å². The topological polar surface area (TPSA) is 38.3 Å². The molecule has 0 bridgehead atoms. The highest BCUT2D eigenvalue weighted by atomic mass is 16.5. The Morgan fingerprint density at radius 2 is 1.43 bits per heavy atom. The molecule has 1 aliphatic carbocycles. The van der Waals surface area contributed by atoms with Gasteiger partial charge in [-0.25, -0.2) is 4.79 Å². The van der Waals surface area contributed by atoms with Gasteiger partial charge in [0, 0.05) is 12.5 Å². The summed E-state index contributed by atoms with van der Waals surface area (Å²) in [6.45, 7) is 2.99. The molecule has 0 aliphatic heterocycles. The van der Waals surface area contributed by atoms with Crippen molar-refractivity contribution in [3.05, 3.63) is 95.1 Å². The van der Waals surface area contributed by atoms with Crippen LogP contribution in [0.25, 0.3) is 11.1 Å². The average molecular weight is 371 g/mol. The van der Waals surface area contributed by atoms with E-state index in [4.69, 9.17) is 4.74 Å². The minimum atomic E-state index is -0.375. The summed E-state index contributed by atoms with van der Waals surface area (Å²) in [6, 6.07) is 25.1. The highest BCUT2D eigenvalue weighted by molar-refractivity contribution is 5.79. The zero-order chi connectivity index (χ0) is 19.3. The van der Waals surface area contributed by atoms with Crippen molar-refractivity contribution in [3.63, 3.8) is 0 Å². The van der Waals surface area contributed by atoms with Gasteiger partial charge in [0.2, 0.25) is 0 Å². The number of carbonyl (C=O) groups is 1. The molecule has 0 saturated heterocycles. The molecule has 0 heterocycles. The van der Waals surface area contributed by atoms with Crippen LogP contribution in [-0.4, -0.2) is 12.7 Å². The van der Waals surface area contributed by atoms with Crippen LogP contribution in [0.15, 0.2) is 72.8 Å². The number of alkyl carbamates (subject to hydrolysis) is 1. The third kappa shape index (κ3) is 3.79. The third-order valence-corrected chi connectivity index (χ3v) is 5.34.